The summed E-state index contributed by atoms with van der Waals surface area (Å²) in [5, 5.41) is 11.3. The molecule has 0 spiro atoms. The highest BCUT2D eigenvalue weighted by atomic mass is 35.5. The van der Waals surface area contributed by atoms with Crippen LogP contribution in [0, 0.1) is 0 Å². The van der Waals surface area contributed by atoms with Crippen LogP contribution in [0.3, 0.4) is 0 Å². The average Bonchev–Trinajstić information content (AvgIpc) is 2.59. The third-order valence-electron chi connectivity index (χ3n) is 3.81. The van der Waals surface area contributed by atoms with Crippen molar-refractivity contribution in [2.24, 2.45) is 0 Å². The molecule has 2 rings (SSSR count). The van der Waals surface area contributed by atoms with Gasteiger partial charge in [-0.25, -0.2) is 0 Å². The van der Waals surface area contributed by atoms with Crippen molar-refractivity contribution < 1.29 is 5.11 Å². The summed E-state index contributed by atoms with van der Waals surface area (Å²) in [5.41, 5.74) is 0. The van der Waals surface area contributed by atoms with Gasteiger partial charge >= 0.3 is 0 Å². The Kier molecular flexibility index (Phi) is 6.18. The van der Waals surface area contributed by atoms with E-state index in [0.29, 0.717) is 5.75 Å². The number of benzene rings is 1. The highest BCUT2D eigenvalue weighted by molar-refractivity contribution is 7.99. The molecule has 0 radical (unpaired) electrons. The van der Waals surface area contributed by atoms with Gasteiger partial charge < -0.3 is 10.0 Å². The maximum absolute atomic E-state index is 10.5. The lowest BCUT2D eigenvalue weighted by Crippen LogP contribution is -2.47. The first kappa shape index (κ1) is 16.1. The summed E-state index contributed by atoms with van der Waals surface area (Å²) in [6.45, 7) is 3.06. The minimum atomic E-state index is -0.346. The molecule has 0 aliphatic carbocycles. The van der Waals surface area contributed by atoms with Crippen LogP contribution >= 0.6 is 23.4 Å². The number of aliphatic hydroxyl groups excluding tert-OH is 1. The van der Waals surface area contributed by atoms with E-state index in [0.717, 1.165) is 36.0 Å². The Hall–Kier alpha value is -0.260. The van der Waals surface area contributed by atoms with Crippen LogP contribution in [0.2, 0.25) is 5.02 Å². The number of likely N-dealkylation sites (N-methyl/N-ethyl adjacent to an activating group) is 2. The van der Waals surface area contributed by atoms with E-state index in [9.17, 15) is 5.11 Å². The third kappa shape index (κ3) is 4.37. The van der Waals surface area contributed by atoms with Crippen LogP contribution in [0.15, 0.2) is 29.2 Å². The summed E-state index contributed by atoms with van der Waals surface area (Å²) in [7, 11) is 4.23. The summed E-state index contributed by atoms with van der Waals surface area (Å²) in [5.74, 6) is 0.673. The lowest BCUT2D eigenvalue weighted by molar-refractivity contribution is 0.0739. The fourth-order valence-corrected chi connectivity index (χ4v) is 3.82. The molecule has 5 heteroatoms. The average molecular weight is 315 g/mol. The van der Waals surface area contributed by atoms with Gasteiger partial charge in [-0.15, -0.1) is 11.8 Å². The summed E-state index contributed by atoms with van der Waals surface area (Å²) < 4.78 is 0. The first-order chi connectivity index (χ1) is 9.58. The molecule has 1 aliphatic heterocycles. The molecule has 1 saturated heterocycles. The van der Waals surface area contributed by atoms with Crippen LogP contribution in [0.4, 0.5) is 0 Å². The second kappa shape index (κ2) is 7.66. The Morgan fingerprint density at radius 3 is 2.85 bits per heavy atom. The summed E-state index contributed by atoms with van der Waals surface area (Å²) >= 11 is 7.78. The van der Waals surface area contributed by atoms with Gasteiger partial charge in [-0.2, -0.15) is 0 Å². The zero-order valence-electron chi connectivity index (χ0n) is 12.1. The predicted octanol–water partition coefficient (Wildman–Crippen LogP) is 2.43. The van der Waals surface area contributed by atoms with Crippen molar-refractivity contribution in [3.63, 3.8) is 0 Å². The molecule has 112 valence electrons. The zero-order chi connectivity index (χ0) is 14.5. The Bertz CT molecular complexity index is 432. The molecular weight excluding hydrogens is 292 g/mol. The standard InChI is InChI=1S/C15H23ClN2OS/c1-17-8-5-9-18(2)13(10-17)14(19)11-20-15-7-4-3-6-12(15)16/h3-4,6-7,13-14,19H,5,8-11H2,1-2H3. The maximum atomic E-state index is 10.5. The largest absolute Gasteiger partial charge is 0.391 e. The van der Waals surface area contributed by atoms with Crippen molar-refractivity contribution in [1.82, 2.24) is 9.80 Å². The number of rotatable bonds is 4. The number of thioether (sulfide) groups is 1. The lowest BCUT2D eigenvalue weighted by Gasteiger charge is -2.31. The molecule has 20 heavy (non-hydrogen) atoms. The van der Waals surface area contributed by atoms with E-state index in [2.05, 4.69) is 23.9 Å². The van der Waals surface area contributed by atoms with Crippen LogP contribution < -0.4 is 0 Å². The van der Waals surface area contributed by atoms with E-state index >= 15 is 0 Å². The molecule has 0 amide bonds. The fraction of sp³-hybridized carbons (Fsp3) is 0.600. The Morgan fingerprint density at radius 2 is 2.10 bits per heavy atom. The summed E-state index contributed by atoms with van der Waals surface area (Å²) in [6.07, 6.45) is 0.815. The predicted molar refractivity (Wildman–Crippen MR) is 86.7 cm³/mol. The Morgan fingerprint density at radius 1 is 1.35 bits per heavy atom. The van der Waals surface area contributed by atoms with E-state index in [1.54, 1.807) is 11.8 Å². The second-order valence-corrected chi connectivity index (χ2v) is 6.94. The van der Waals surface area contributed by atoms with E-state index < -0.39 is 0 Å². The van der Waals surface area contributed by atoms with Gasteiger partial charge in [0.1, 0.15) is 0 Å². The van der Waals surface area contributed by atoms with Crippen LogP contribution in [-0.2, 0) is 0 Å². The van der Waals surface area contributed by atoms with Gasteiger partial charge in [0.2, 0.25) is 0 Å². The minimum Gasteiger partial charge on any atom is -0.391 e. The van der Waals surface area contributed by atoms with Crippen molar-refractivity contribution in [3.05, 3.63) is 29.3 Å². The Labute approximate surface area is 130 Å². The van der Waals surface area contributed by atoms with Crippen molar-refractivity contribution in [2.75, 3.05) is 39.5 Å². The molecule has 1 N–H and O–H groups in total. The van der Waals surface area contributed by atoms with Crippen LogP contribution in [0.1, 0.15) is 6.42 Å². The van der Waals surface area contributed by atoms with E-state index in [-0.39, 0.29) is 12.1 Å². The van der Waals surface area contributed by atoms with Crippen molar-refractivity contribution in [2.45, 2.75) is 23.5 Å². The minimum absolute atomic E-state index is 0.192. The van der Waals surface area contributed by atoms with Gasteiger partial charge in [0, 0.05) is 23.2 Å². The van der Waals surface area contributed by atoms with Gasteiger partial charge in [0.25, 0.3) is 0 Å². The fourth-order valence-electron chi connectivity index (χ4n) is 2.57. The monoisotopic (exact) mass is 314 g/mol. The van der Waals surface area contributed by atoms with Crippen molar-refractivity contribution in [3.8, 4) is 0 Å². The highest BCUT2D eigenvalue weighted by Gasteiger charge is 2.27. The van der Waals surface area contributed by atoms with Crippen molar-refractivity contribution >= 4 is 23.4 Å². The summed E-state index contributed by atoms with van der Waals surface area (Å²) in [4.78, 5) is 5.62. The molecular formula is C15H23ClN2OS. The molecule has 1 aliphatic rings. The maximum Gasteiger partial charge on any atom is 0.0801 e. The number of halogens is 1. The molecule has 2 unspecified atom stereocenters. The normalized spacial score (nSPS) is 23.5. The third-order valence-corrected chi connectivity index (χ3v) is 5.42. The molecule has 3 nitrogen and oxygen atoms in total. The molecule has 1 aromatic carbocycles. The Balaban J connectivity index is 1.93. The second-order valence-electron chi connectivity index (χ2n) is 5.47. The lowest BCUT2D eigenvalue weighted by atomic mass is 10.1. The molecule has 0 aromatic heterocycles. The van der Waals surface area contributed by atoms with Crippen LogP contribution in [0.5, 0.6) is 0 Å². The van der Waals surface area contributed by atoms with E-state index in [4.69, 9.17) is 11.6 Å². The zero-order valence-corrected chi connectivity index (χ0v) is 13.7. The van der Waals surface area contributed by atoms with Gasteiger partial charge in [0.15, 0.2) is 0 Å². The molecule has 1 heterocycles. The van der Waals surface area contributed by atoms with Crippen LogP contribution in [0.25, 0.3) is 0 Å². The number of aliphatic hydroxyl groups is 1. The highest BCUT2D eigenvalue weighted by Crippen LogP contribution is 2.28. The van der Waals surface area contributed by atoms with Gasteiger partial charge in [-0.3, -0.25) is 4.90 Å². The van der Waals surface area contributed by atoms with Gasteiger partial charge in [0.05, 0.1) is 11.1 Å². The molecule has 0 saturated carbocycles. The smallest absolute Gasteiger partial charge is 0.0801 e. The van der Waals surface area contributed by atoms with Crippen molar-refractivity contribution in [1.29, 1.82) is 0 Å². The quantitative estimate of drug-likeness (QED) is 0.864. The molecule has 2 atom stereocenters. The first-order valence-electron chi connectivity index (χ1n) is 7.02. The molecule has 1 aromatic rings. The first-order valence-corrected chi connectivity index (χ1v) is 8.38. The van der Waals surface area contributed by atoms with Crippen LogP contribution in [-0.4, -0.2) is 66.5 Å². The van der Waals surface area contributed by atoms with Gasteiger partial charge in [-0.05, 0) is 45.7 Å². The van der Waals surface area contributed by atoms with Gasteiger partial charge in [-0.1, -0.05) is 23.7 Å². The molecule has 0 bridgehead atoms. The topological polar surface area (TPSA) is 26.7 Å². The SMILES string of the molecule is CN1CCCN(C)C(C(O)CSc2ccccc2Cl)C1. The summed E-state index contributed by atoms with van der Waals surface area (Å²) in [6, 6.07) is 7.99. The number of hydrogen-bond donors (Lipinski definition) is 1. The molecule has 1 fully saturated rings. The number of hydrogen-bond acceptors (Lipinski definition) is 4. The van der Waals surface area contributed by atoms with E-state index in [1.807, 2.05) is 24.3 Å². The number of nitrogens with zero attached hydrogens (tertiary/aromatic N) is 2. The van der Waals surface area contributed by atoms with E-state index in [1.165, 1.54) is 0 Å².